The molecule has 0 spiro atoms. The first-order valence-corrected chi connectivity index (χ1v) is 6.13. The summed E-state index contributed by atoms with van der Waals surface area (Å²) in [4.78, 5) is 11.8. The van der Waals surface area contributed by atoms with E-state index in [1.807, 2.05) is 0 Å². The monoisotopic (exact) mass is 272 g/mol. The summed E-state index contributed by atoms with van der Waals surface area (Å²) in [5.41, 5.74) is 2.04. The highest BCUT2D eigenvalue weighted by atomic mass is 16.5. The summed E-state index contributed by atoms with van der Waals surface area (Å²) in [5.74, 6) is 0.728. The zero-order valence-corrected chi connectivity index (χ0v) is 11.1. The van der Waals surface area contributed by atoms with Crippen molar-refractivity contribution in [1.29, 1.82) is 0 Å². The van der Waals surface area contributed by atoms with E-state index in [0.29, 0.717) is 11.4 Å². The topological polar surface area (TPSA) is 70.6 Å². The van der Waals surface area contributed by atoms with Crippen molar-refractivity contribution < 1.29 is 14.6 Å². The van der Waals surface area contributed by atoms with Crippen LogP contribution in [0.3, 0.4) is 0 Å². The number of rotatable bonds is 4. The third kappa shape index (κ3) is 3.73. The van der Waals surface area contributed by atoms with Crippen LogP contribution in [0, 0.1) is 0 Å². The van der Waals surface area contributed by atoms with Gasteiger partial charge in [-0.1, -0.05) is 12.1 Å². The molecule has 0 aliphatic carbocycles. The van der Waals surface area contributed by atoms with Gasteiger partial charge in [-0.25, -0.2) is 4.79 Å². The maximum Gasteiger partial charge on any atom is 0.323 e. The van der Waals surface area contributed by atoms with Crippen molar-refractivity contribution in [3.8, 4) is 5.75 Å². The number of hydrogen-bond donors (Lipinski definition) is 3. The zero-order valence-electron chi connectivity index (χ0n) is 11.1. The highest BCUT2D eigenvalue weighted by molar-refractivity contribution is 5.99. The number of carbonyl (C=O) groups excluding carboxylic acids is 1. The van der Waals surface area contributed by atoms with Crippen LogP contribution in [0.5, 0.6) is 5.75 Å². The number of nitrogens with one attached hydrogen (secondary N) is 2. The minimum atomic E-state index is -0.342. The summed E-state index contributed by atoms with van der Waals surface area (Å²) >= 11 is 0. The van der Waals surface area contributed by atoms with Crippen molar-refractivity contribution in [3.05, 3.63) is 54.1 Å². The van der Waals surface area contributed by atoms with Crippen molar-refractivity contribution in [2.75, 3.05) is 17.7 Å². The van der Waals surface area contributed by atoms with Gasteiger partial charge in [-0.2, -0.15) is 0 Å². The van der Waals surface area contributed by atoms with Gasteiger partial charge in [0.05, 0.1) is 13.7 Å². The lowest BCUT2D eigenvalue weighted by atomic mass is 10.2. The average molecular weight is 272 g/mol. The predicted octanol–water partition coefficient (Wildman–Crippen LogP) is 2.83. The first-order valence-electron chi connectivity index (χ1n) is 6.13. The summed E-state index contributed by atoms with van der Waals surface area (Å²) in [6.07, 6.45) is 0. The van der Waals surface area contributed by atoms with Crippen LogP contribution < -0.4 is 15.4 Å². The molecule has 0 heterocycles. The molecule has 0 aliphatic rings. The minimum Gasteiger partial charge on any atom is -0.497 e. The standard InChI is InChI=1S/C15H16N2O3/c1-20-14-7-5-12(6-8-14)16-15(19)17-13-4-2-3-11(9-13)10-18/h2-9,18H,10H2,1H3,(H2,16,17,19). The average Bonchev–Trinajstić information content (AvgIpc) is 2.48. The molecule has 0 aliphatic heterocycles. The van der Waals surface area contributed by atoms with Crippen molar-refractivity contribution in [1.82, 2.24) is 0 Å². The zero-order chi connectivity index (χ0) is 14.4. The highest BCUT2D eigenvalue weighted by Crippen LogP contribution is 2.16. The van der Waals surface area contributed by atoms with E-state index in [1.54, 1.807) is 55.6 Å². The summed E-state index contributed by atoms with van der Waals surface area (Å²) in [6.45, 7) is -0.0599. The van der Waals surface area contributed by atoms with Gasteiger partial charge in [0, 0.05) is 11.4 Å². The molecular weight excluding hydrogens is 256 g/mol. The van der Waals surface area contributed by atoms with Crippen molar-refractivity contribution >= 4 is 17.4 Å². The molecule has 104 valence electrons. The Morgan fingerprint density at radius 1 is 1.10 bits per heavy atom. The Hall–Kier alpha value is -2.53. The van der Waals surface area contributed by atoms with Crippen LogP contribution in [0.15, 0.2) is 48.5 Å². The molecule has 20 heavy (non-hydrogen) atoms. The molecule has 2 aromatic carbocycles. The smallest absolute Gasteiger partial charge is 0.323 e. The fourth-order valence-electron chi connectivity index (χ4n) is 1.72. The Morgan fingerprint density at radius 2 is 1.80 bits per heavy atom. The molecule has 2 amide bonds. The SMILES string of the molecule is COc1ccc(NC(=O)Nc2cccc(CO)c2)cc1. The third-order valence-electron chi connectivity index (χ3n) is 2.72. The van der Waals surface area contributed by atoms with Gasteiger partial charge in [-0.05, 0) is 42.0 Å². The van der Waals surface area contributed by atoms with Crippen LogP contribution in [0.1, 0.15) is 5.56 Å². The Labute approximate surface area is 117 Å². The Balaban J connectivity index is 1.97. The number of ether oxygens (including phenoxy) is 1. The van der Waals surface area contributed by atoms with Gasteiger partial charge in [0.25, 0.3) is 0 Å². The lowest BCUT2D eigenvalue weighted by molar-refractivity contribution is 0.262. The Morgan fingerprint density at radius 3 is 2.45 bits per heavy atom. The van der Waals surface area contributed by atoms with Crippen molar-refractivity contribution in [2.45, 2.75) is 6.61 Å². The van der Waals surface area contributed by atoms with Crippen LogP contribution in [0.2, 0.25) is 0 Å². The lowest BCUT2D eigenvalue weighted by Crippen LogP contribution is -2.19. The van der Waals surface area contributed by atoms with E-state index in [4.69, 9.17) is 9.84 Å². The molecule has 3 N–H and O–H groups in total. The number of carbonyl (C=O) groups is 1. The quantitative estimate of drug-likeness (QED) is 0.801. The summed E-state index contributed by atoms with van der Waals surface area (Å²) in [6, 6.07) is 13.7. The van der Waals surface area contributed by atoms with Crippen LogP contribution in [-0.2, 0) is 6.61 Å². The van der Waals surface area contributed by atoms with Gasteiger partial charge < -0.3 is 20.5 Å². The first kappa shape index (κ1) is 13.9. The molecule has 0 bridgehead atoms. The van der Waals surface area contributed by atoms with Crippen molar-refractivity contribution in [3.63, 3.8) is 0 Å². The van der Waals surface area contributed by atoms with E-state index in [1.165, 1.54) is 0 Å². The van der Waals surface area contributed by atoms with E-state index < -0.39 is 0 Å². The molecule has 5 heteroatoms. The molecule has 0 unspecified atom stereocenters. The second kappa shape index (κ2) is 6.58. The number of aliphatic hydroxyl groups is 1. The van der Waals surface area contributed by atoms with Gasteiger partial charge in [0.2, 0.25) is 0 Å². The molecule has 0 atom stereocenters. The van der Waals surface area contributed by atoms with Crippen LogP contribution in [0.4, 0.5) is 16.2 Å². The fourth-order valence-corrected chi connectivity index (χ4v) is 1.72. The van der Waals surface area contributed by atoms with Crippen LogP contribution >= 0.6 is 0 Å². The third-order valence-corrected chi connectivity index (χ3v) is 2.72. The van der Waals surface area contributed by atoms with E-state index in [0.717, 1.165) is 11.3 Å². The predicted molar refractivity (Wildman–Crippen MR) is 78.0 cm³/mol. The van der Waals surface area contributed by atoms with Gasteiger partial charge in [0.15, 0.2) is 0 Å². The largest absolute Gasteiger partial charge is 0.497 e. The van der Waals surface area contributed by atoms with Gasteiger partial charge in [-0.15, -0.1) is 0 Å². The molecule has 0 fully saturated rings. The second-order valence-corrected chi connectivity index (χ2v) is 4.17. The van der Waals surface area contributed by atoms with Gasteiger partial charge in [0.1, 0.15) is 5.75 Å². The van der Waals surface area contributed by atoms with E-state index in [2.05, 4.69) is 10.6 Å². The van der Waals surface area contributed by atoms with Crippen molar-refractivity contribution in [2.24, 2.45) is 0 Å². The summed E-state index contributed by atoms with van der Waals surface area (Å²) in [7, 11) is 1.59. The maximum absolute atomic E-state index is 11.8. The Kier molecular flexibility index (Phi) is 4.57. The molecule has 0 saturated heterocycles. The Bertz CT molecular complexity index is 582. The van der Waals surface area contributed by atoms with E-state index in [-0.39, 0.29) is 12.6 Å². The second-order valence-electron chi connectivity index (χ2n) is 4.17. The van der Waals surface area contributed by atoms with Crippen LogP contribution in [-0.4, -0.2) is 18.2 Å². The fraction of sp³-hybridized carbons (Fsp3) is 0.133. The molecule has 0 aromatic heterocycles. The van der Waals surface area contributed by atoms with Crippen LogP contribution in [0.25, 0.3) is 0 Å². The molecule has 5 nitrogen and oxygen atoms in total. The van der Waals surface area contributed by atoms with E-state index >= 15 is 0 Å². The number of amides is 2. The normalized spacial score (nSPS) is 9.90. The number of aliphatic hydroxyl groups excluding tert-OH is 1. The number of urea groups is 1. The lowest BCUT2D eigenvalue weighted by Gasteiger charge is -2.09. The molecular formula is C15H16N2O3. The molecule has 2 aromatic rings. The summed E-state index contributed by atoms with van der Waals surface area (Å²) < 4.78 is 5.04. The number of benzene rings is 2. The molecule has 0 saturated carbocycles. The molecule has 0 radical (unpaired) electrons. The number of anilines is 2. The van der Waals surface area contributed by atoms with E-state index in [9.17, 15) is 4.79 Å². The number of methoxy groups -OCH3 is 1. The summed E-state index contributed by atoms with van der Waals surface area (Å²) in [5, 5.41) is 14.5. The molecule has 2 rings (SSSR count). The maximum atomic E-state index is 11.8. The van der Waals surface area contributed by atoms with Gasteiger partial charge in [-0.3, -0.25) is 0 Å². The first-order chi connectivity index (χ1) is 9.71. The highest BCUT2D eigenvalue weighted by Gasteiger charge is 2.03. The van der Waals surface area contributed by atoms with Gasteiger partial charge >= 0.3 is 6.03 Å². The minimum absolute atomic E-state index is 0.0599. The number of hydrogen-bond acceptors (Lipinski definition) is 3.